The molecule has 2 rings (SSSR count). The maximum atomic E-state index is 6.29. The lowest BCUT2D eigenvalue weighted by Crippen LogP contribution is -2.35. The van der Waals surface area contributed by atoms with Crippen LogP contribution in [-0.2, 0) is 0 Å². The highest BCUT2D eigenvalue weighted by Crippen LogP contribution is 2.31. The Balaban J connectivity index is 2.48. The van der Waals surface area contributed by atoms with Crippen molar-refractivity contribution in [1.29, 1.82) is 0 Å². The molecule has 0 aliphatic heterocycles. The molecule has 0 fully saturated rings. The van der Waals surface area contributed by atoms with Gasteiger partial charge in [-0.25, -0.2) is 0 Å². The van der Waals surface area contributed by atoms with Gasteiger partial charge < -0.3 is 5.73 Å². The molecule has 3 nitrogen and oxygen atoms in total. The zero-order chi connectivity index (χ0) is 15.2. The van der Waals surface area contributed by atoms with E-state index < -0.39 is 0 Å². The van der Waals surface area contributed by atoms with E-state index in [4.69, 9.17) is 17.3 Å². The molecule has 1 atom stereocenters. The fourth-order valence-corrected chi connectivity index (χ4v) is 3.11. The van der Waals surface area contributed by atoms with Crippen molar-refractivity contribution >= 4 is 22.5 Å². The van der Waals surface area contributed by atoms with E-state index in [1.54, 1.807) is 0 Å². The van der Waals surface area contributed by atoms with Crippen LogP contribution in [0.3, 0.4) is 0 Å². The largest absolute Gasteiger partial charge is 0.329 e. The summed E-state index contributed by atoms with van der Waals surface area (Å²) >= 11 is 6.29. The zero-order valence-electron chi connectivity index (χ0n) is 12.8. The number of pyridine rings is 1. The fourth-order valence-electron chi connectivity index (χ4n) is 2.90. The highest BCUT2D eigenvalue weighted by atomic mass is 35.5. The van der Waals surface area contributed by atoms with Crippen LogP contribution in [0.4, 0.5) is 0 Å². The first-order chi connectivity index (χ1) is 10.2. The average molecular weight is 306 g/mol. The monoisotopic (exact) mass is 305 g/mol. The van der Waals surface area contributed by atoms with E-state index in [0.717, 1.165) is 41.9 Å². The van der Waals surface area contributed by atoms with E-state index in [1.807, 2.05) is 24.4 Å². The smallest absolute Gasteiger partial charge is 0.0765 e. The lowest BCUT2D eigenvalue weighted by molar-refractivity contribution is 0.203. The molecule has 1 heterocycles. The van der Waals surface area contributed by atoms with Crippen molar-refractivity contribution < 1.29 is 0 Å². The maximum absolute atomic E-state index is 6.29. The van der Waals surface area contributed by atoms with Crippen molar-refractivity contribution in [2.75, 3.05) is 19.6 Å². The average Bonchev–Trinajstić information content (AvgIpc) is 2.51. The Bertz CT molecular complexity index is 579. The van der Waals surface area contributed by atoms with E-state index in [1.165, 1.54) is 5.56 Å². The second kappa shape index (κ2) is 7.74. The summed E-state index contributed by atoms with van der Waals surface area (Å²) in [4.78, 5) is 7.00. The van der Waals surface area contributed by atoms with Gasteiger partial charge in [0.05, 0.1) is 5.52 Å². The lowest BCUT2D eigenvalue weighted by Gasteiger charge is -2.31. The van der Waals surface area contributed by atoms with Crippen LogP contribution in [0.25, 0.3) is 10.9 Å². The summed E-state index contributed by atoms with van der Waals surface area (Å²) in [6, 6.07) is 8.17. The number of halogens is 1. The maximum Gasteiger partial charge on any atom is 0.0765 e. The van der Waals surface area contributed by atoms with Gasteiger partial charge in [-0.15, -0.1) is 0 Å². The predicted molar refractivity (Wildman–Crippen MR) is 90.7 cm³/mol. The molecule has 4 heteroatoms. The van der Waals surface area contributed by atoms with Crippen molar-refractivity contribution in [3.63, 3.8) is 0 Å². The molecular weight excluding hydrogens is 282 g/mol. The van der Waals surface area contributed by atoms with Crippen LogP contribution < -0.4 is 5.73 Å². The standard InChI is InChI=1S/C17H24ClN3/c1-3-10-21(11-4-2)16(12-19)14-7-8-15(18)13-6-5-9-20-17(13)14/h5-9,16H,3-4,10-12,19H2,1-2H3. The minimum Gasteiger partial charge on any atom is -0.329 e. The van der Waals surface area contributed by atoms with Crippen LogP contribution in [0, 0.1) is 0 Å². The van der Waals surface area contributed by atoms with E-state index in [2.05, 4.69) is 29.8 Å². The van der Waals surface area contributed by atoms with Crippen LogP contribution >= 0.6 is 11.6 Å². The molecule has 0 aliphatic rings. The molecule has 114 valence electrons. The summed E-state index contributed by atoms with van der Waals surface area (Å²) in [6.45, 7) is 7.09. The Morgan fingerprint density at radius 3 is 2.52 bits per heavy atom. The molecule has 1 aromatic carbocycles. The SMILES string of the molecule is CCCN(CCC)C(CN)c1ccc(Cl)c2cccnc12. The van der Waals surface area contributed by atoms with Crippen molar-refractivity contribution in [3.8, 4) is 0 Å². The van der Waals surface area contributed by atoms with Gasteiger partial charge in [0.2, 0.25) is 0 Å². The minimum absolute atomic E-state index is 0.194. The first-order valence-corrected chi connectivity index (χ1v) is 8.07. The van der Waals surface area contributed by atoms with E-state index in [0.29, 0.717) is 6.54 Å². The number of benzene rings is 1. The number of nitrogens with zero attached hydrogens (tertiary/aromatic N) is 2. The Hall–Kier alpha value is -1.16. The highest BCUT2D eigenvalue weighted by molar-refractivity contribution is 6.35. The Morgan fingerprint density at radius 1 is 1.19 bits per heavy atom. The first kappa shape index (κ1) is 16.2. The van der Waals surface area contributed by atoms with Gasteiger partial charge in [0.15, 0.2) is 0 Å². The third-order valence-corrected chi connectivity index (χ3v) is 4.12. The molecule has 0 bridgehead atoms. The van der Waals surface area contributed by atoms with E-state index >= 15 is 0 Å². The number of aromatic nitrogens is 1. The molecule has 0 saturated heterocycles. The van der Waals surface area contributed by atoms with Gasteiger partial charge in [-0.05, 0) is 49.7 Å². The number of hydrogen-bond donors (Lipinski definition) is 1. The van der Waals surface area contributed by atoms with Crippen molar-refractivity contribution in [1.82, 2.24) is 9.88 Å². The van der Waals surface area contributed by atoms with E-state index in [9.17, 15) is 0 Å². The van der Waals surface area contributed by atoms with Gasteiger partial charge in [-0.3, -0.25) is 9.88 Å². The number of fused-ring (bicyclic) bond motifs is 1. The van der Waals surface area contributed by atoms with E-state index in [-0.39, 0.29) is 6.04 Å². The normalized spacial score (nSPS) is 13.0. The van der Waals surface area contributed by atoms with Crippen molar-refractivity contribution in [2.45, 2.75) is 32.7 Å². The molecule has 0 amide bonds. The summed E-state index contributed by atoms with van der Waals surface area (Å²) < 4.78 is 0. The Labute approximate surface area is 132 Å². The molecule has 0 saturated carbocycles. The van der Waals surface area contributed by atoms with Crippen LogP contribution in [0.1, 0.15) is 38.3 Å². The molecule has 0 aliphatic carbocycles. The number of rotatable bonds is 7. The molecule has 0 radical (unpaired) electrons. The fraction of sp³-hybridized carbons (Fsp3) is 0.471. The molecule has 1 aromatic heterocycles. The molecule has 0 spiro atoms. The predicted octanol–water partition coefficient (Wildman–Crippen LogP) is 4.01. The van der Waals surface area contributed by atoms with Gasteiger partial charge in [-0.2, -0.15) is 0 Å². The van der Waals surface area contributed by atoms with Crippen molar-refractivity contribution in [3.05, 3.63) is 41.0 Å². The Kier molecular flexibility index (Phi) is 5.97. The lowest BCUT2D eigenvalue weighted by atomic mass is 10.0. The third-order valence-electron chi connectivity index (χ3n) is 3.79. The molecule has 1 unspecified atom stereocenters. The quantitative estimate of drug-likeness (QED) is 0.840. The minimum atomic E-state index is 0.194. The summed E-state index contributed by atoms with van der Waals surface area (Å²) in [5, 5.41) is 1.75. The van der Waals surface area contributed by atoms with Gasteiger partial charge in [0, 0.05) is 29.2 Å². The summed E-state index contributed by atoms with van der Waals surface area (Å²) in [5.41, 5.74) is 8.24. The van der Waals surface area contributed by atoms with Gasteiger partial charge in [0.1, 0.15) is 0 Å². The molecule has 2 aromatic rings. The van der Waals surface area contributed by atoms with Crippen LogP contribution in [-0.4, -0.2) is 29.5 Å². The van der Waals surface area contributed by atoms with Crippen LogP contribution in [0.5, 0.6) is 0 Å². The van der Waals surface area contributed by atoms with Crippen molar-refractivity contribution in [2.24, 2.45) is 5.73 Å². The second-order valence-corrected chi connectivity index (χ2v) is 5.73. The first-order valence-electron chi connectivity index (χ1n) is 7.70. The number of hydrogen-bond acceptors (Lipinski definition) is 3. The van der Waals surface area contributed by atoms with Crippen LogP contribution in [0.15, 0.2) is 30.5 Å². The summed E-state index contributed by atoms with van der Waals surface area (Å²) in [5.74, 6) is 0. The summed E-state index contributed by atoms with van der Waals surface area (Å²) in [6.07, 6.45) is 4.06. The topological polar surface area (TPSA) is 42.1 Å². The molecule has 2 N–H and O–H groups in total. The van der Waals surface area contributed by atoms with Gasteiger partial charge in [-0.1, -0.05) is 31.5 Å². The molecular formula is C17H24ClN3. The van der Waals surface area contributed by atoms with Crippen LogP contribution in [0.2, 0.25) is 5.02 Å². The Morgan fingerprint density at radius 2 is 1.90 bits per heavy atom. The second-order valence-electron chi connectivity index (χ2n) is 5.32. The number of nitrogens with two attached hydrogens (primary N) is 1. The van der Waals surface area contributed by atoms with Gasteiger partial charge >= 0.3 is 0 Å². The van der Waals surface area contributed by atoms with Gasteiger partial charge in [0.25, 0.3) is 0 Å². The zero-order valence-corrected chi connectivity index (χ0v) is 13.6. The summed E-state index contributed by atoms with van der Waals surface area (Å²) in [7, 11) is 0. The highest BCUT2D eigenvalue weighted by Gasteiger charge is 2.21. The third kappa shape index (κ3) is 3.54. The molecule has 21 heavy (non-hydrogen) atoms.